The number of rotatable bonds is 3. The third kappa shape index (κ3) is 2.39. The number of fused-ring (bicyclic) bond motifs is 1. The number of carbonyl (C=O) groups excluding carboxylic acids is 2. The molecule has 0 bridgehead atoms. The molecule has 4 rings (SSSR count). The fraction of sp³-hybridized carbons (Fsp3) is 0.400. The van der Waals surface area contributed by atoms with Crippen molar-refractivity contribution in [3.8, 4) is 0 Å². The summed E-state index contributed by atoms with van der Waals surface area (Å²) in [6.45, 7) is 0.396. The van der Waals surface area contributed by atoms with Gasteiger partial charge in [-0.1, -0.05) is 15.9 Å². The molecular formula is C15H15BrN4O2. The Bertz CT molecular complexity index is 768. The van der Waals surface area contributed by atoms with Crippen molar-refractivity contribution < 1.29 is 9.59 Å². The van der Waals surface area contributed by atoms with Crippen molar-refractivity contribution in [2.75, 3.05) is 11.4 Å². The van der Waals surface area contributed by atoms with Gasteiger partial charge in [0.15, 0.2) is 5.82 Å². The van der Waals surface area contributed by atoms with Gasteiger partial charge in [-0.25, -0.2) is 0 Å². The third-order valence-corrected chi connectivity index (χ3v) is 4.67. The van der Waals surface area contributed by atoms with Crippen LogP contribution in [0.5, 0.6) is 0 Å². The quantitative estimate of drug-likeness (QED) is 0.875. The van der Waals surface area contributed by atoms with Crippen LogP contribution >= 0.6 is 15.9 Å². The number of hydrogen-bond acceptors (Lipinski definition) is 3. The number of aromatic nitrogens is 2. The summed E-state index contributed by atoms with van der Waals surface area (Å²) in [7, 11) is 0. The van der Waals surface area contributed by atoms with Gasteiger partial charge in [0.05, 0.1) is 11.4 Å². The van der Waals surface area contributed by atoms with Crippen LogP contribution in [0.15, 0.2) is 22.7 Å². The summed E-state index contributed by atoms with van der Waals surface area (Å²) in [5.74, 6) is 0.262. The van der Waals surface area contributed by atoms with E-state index in [9.17, 15) is 9.59 Å². The van der Waals surface area contributed by atoms with Gasteiger partial charge in [0, 0.05) is 28.9 Å². The summed E-state index contributed by atoms with van der Waals surface area (Å²) in [5, 5.41) is 11.1. The summed E-state index contributed by atoms with van der Waals surface area (Å²) < 4.78 is 0.949. The summed E-state index contributed by atoms with van der Waals surface area (Å²) in [6.07, 6.45) is 2.35. The average molecular weight is 363 g/mol. The largest absolute Gasteiger partial charge is 0.353 e. The number of aromatic amines is 1. The Balaban J connectivity index is 1.58. The first-order valence-electron chi connectivity index (χ1n) is 7.36. The molecule has 1 aliphatic carbocycles. The summed E-state index contributed by atoms with van der Waals surface area (Å²) in [4.78, 5) is 26.0. The van der Waals surface area contributed by atoms with Crippen molar-refractivity contribution in [3.63, 3.8) is 0 Å². The molecule has 1 atom stereocenters. The van der Waals surface area contributed by atoms with E-state index >= 15 is 0 Å². The van der Waals surface area contributed by atoms with Crippen LogP contribution in [-0.2, 0) is 9.59 Å². The minimum absolute atomic E-state index is 0.0130. The molecule has 1 saturated heterocycles. The molecule has 2 aromatic rings. The molecule has 1 aromatic heterocycles. The fourth-order valence-corrected chi connectivity index (χ4v) is 3.18. The third-order valence-electron chi connectivity index (χ3n) is 4.18. The lowest BCUT2D eigenvalue weighted by Gasteiger charge is -2.14. The van der Waals surface area contributed by atoms with E-state index in [2.05, 4.69) is 31.4 Å². The summed E-state index contributed by atoms with van der Waals surface area (Å²) in [6, 6.07) is 6.08. The zero-order valence-electron chi connectivity index (χ0n) is 11.8. The van der Waals surface area contributed by atoms with Gasteiger partial charge in [-0.05, 0) is 31.0 Å². The van der Waals surface area contributed by atoms with Gasteiger partial charge in [-0.3, -0.25) is 19.6 Å². The van der Waals surface area contributed by atoms with Crippen molar-refractivity contribution in [3.05, 3.63) is 22.7 Å². The number of amides is 2. The van der Waals surface area contributed by atoms with Gasteiger partial charge in [0.25, 0.3) is 0 Å². The van der Waals surface area contributed by atoms with Crippen molar-refractivity contribution in [2.45, 2.75) is 25.3 Å². The molecule has 1 saturated carbocycles. The lowest BCUT2D eigenvalue weighted by Crippen LogP contribution is -2.34. The van der Waals surface area contributed by atoms with E-state index in [1.165, 1.54) is 0 Å². The zero-order valence-corrected chi connectivity index (χ0v) is 13.4. The number of halogens is 1. The minimum Gasteiger partial charge on any atom is -0.353 e. The Kier molecular flexibility index (Phi) is 3.18. The Hall–Kier alpha value is -1.89. The maximum atomic E-state index is 12.3. The van der Waals surface area contributed by atoms with Crippen molar-refractivity contribution in [2.24, 2.45) is 5.92 Å². The van der Waals surface area contributed by atoms with Crippen LogP contribution in [0.25, 0.3) is 10.9 Å². The SMILES string of the molecule is O=C(NC1CC1)C1CC(=O)N(c2n[nH]c3cc(Br)ccc23)C1. The number of hydrogen-bond donors (Lipinski definition) is 2. The lowest BCUT2D eigenvalue weighted by atomic mass is 10.1. The lowest BCUT2D eigenvalue weighted by molar-refractivity contribution is -0.126. The number of carbonyl (C=O) groups is 2. The maximum absolute atomic E-state index is 12.3. The Labute approximate surface area is 135 Å². The minimum atomic E-state index is -0.282. The molecule has 114 valence electrons. The topological polar surface area (TPSA) is 78.1 Å². The second-order valence-electron chi connectivity index (χ2n) is 5.93. The van der Waals surface area contributed by atoms with E-state index in [1.807, 2.05) is 18.2 Å². The van der Waals surface area contributed by atoms with Gasteiger partial charge in [-0.15, -0.1) is 0 Å². The van der Waals surface area contributed by atoms with E-state index in [4.69, 9.17) is 0 Å². The summed E-state index contributed by atoms with van der Waals surface area (Å²) in [5.41, 5.74) is 0.864. The Morgan fingerprint density at radius 1 is 1.41 bits per heavy atom. The average Bonchev–Trinajstić information content (AvgIpc) is 3.07. The molecular weight excluding hydrogens is 348 g/mol. The number of nitrogens with zero attached hydrogens (tertiary/aromatic N) is 2. The first-order valence-corrected chi connectivity index (χ1v) is 8.15. The zero-order chi connectivity index (χ0) is 15.3. The van der Waals surface area contributed by atoms with Crippen LogP contribution in [0.3, 0.4) is 0 Å². The smallest absolute Gasteiger partial charge is 0.229 e. The van der Waals surface area contributed by atoms with Crippen molar-refractivity contribution >= 4 is 44.5 Å². The summed E-state index contributed by atoms with van der Waals surface area (Å²) >= 11 is 3.41. The molecule has 2 fully saturated rings. The molecule has 0 radical (unpaired) electrons. The number of H-pyrrole nitrogens is 1. The monoisotopic (exact) mass is 362 g/mol. The maximum Gasteiger partial charge on any atom is 0.229 e. The van der Waals surface area contributed by atoms with Crippen LogP contribution < -0.4 is 10.2 Å². The van der Waals surface area contributed by atoms with Crippen LogP contribution in [0.4, 0.5) is 5.82 Å². The van der Waals surface area contributed by atoms with Crippen LogP contribution in [-0.4, -0.2) is 34.6 Å². The predicted molar refractivity (Wildman–Crippen MR) is 85.4 cm³/mol. The van der Waals surface area contributed by atoms with Gasteiger partial charge in [-0.2, -0.15) is 5.10 Å². The second-order valence-corrected chi connectivity index (χ2v) is 6.84. The molecule has 2 amide bonds. The fourth-order valence-electron chi connectivity index (χ4n) is 2.82. The van der Waals surface area contributed by atoms with Crippen LogP contribution in [0.2, 0.25) is 0 Å². The van der Waals surface area contributed by atoms with Gasteiger partial charge < -0.3 is 5.32 Å². The highest BCUT2D eigenvalue weighted by molar-refractivity contribution is 9.10. The number of nitrogens with one attached hydrogen (secondary N) is 2. The number of benzene rings is 1. The highest BCUT2D eigenvalue weighted by Gasteiger charge is 2.38. The molecule has 1 aromatic carbocycles. The standard InChI is InChI=1S/C15H15BrN4O2/c16-9-1-4-11-12(6-9)18-19-14(11)20-7-8(5-13(20)21)15(22)17-10-2-3-10/h1,4,6,8,10H,2-3,5,7H2,(H,17,22)(H,18,19). The molecule has 22 heavy (non-hydrogen) atoms. The molecule has 1 aliphatic heterocycles. The predicted octanol–water partition coefficient (Wildman–Crippen LogP) is 1.96. The van der Waals surface area contributed by atoms with Gasteiger partial charge in [0.1, 0.15) is 0 Å². The highest BCUT2D eigenvalue weighted by atomic mass is 79.9. The van der Waals surface area contributed by atoms with Crippen molar-refractivity contribution in [1.82, 2.24) is 15.5 Å². The molecule has 0 spiro atoms. The molecule has 2 heterocycles. The van der Waals surface area contributed by atoms with E-state index < -0.39 is 0 Å². The van der Waals surface area contributed by atoms with E-state index in [1.54, 1.807) is 4.90 Å². The van der Waals surface area contributed by atoms with E-state index in [0.29, 0.717) is 18.4 Å². The van der Waals surface area contributed by atoms with E-state index in [0.717, 1.165) is 28.2 Å². The Morgan fingerprint density at radius 2 is 2.23 bits per heavy atom. The molecule has 1 unspecified atom stereocenters. The first-order chi connectivity index (χ1) is 10.6. The molecule has 6 nitrogen and oxygen atoms in total. The van der Waals surface area contributed by atoms with Gasteiger partial charge >= 0.3 is 0 Å². The van der Waals surface area contributed by atoms with E-state index in [-0.39, 0.29) is 24.2 Å². The molecule has 2 N–H and O–H groups in total. The second kappa shape index (κ2) is 5.08. The molecule has 7 heteroatoms. The molecule has 2 aliphatic rings. The Morgan fingerprint density at radius 3 is 3.00 bits per heavy atom. The van der Waals surface area contributed by atoms with Crippen LogP contribution in [0, 0.1) is 5.92 Å². The van der Waals surface area contributed by atoms with Crippen LogP contribution in [0.1, 0.15) is 19.3 Å². The number of anilines is 1. The highest BCUT2D eigenvalue weighted by Crippen LogP contribution is 2.31. The van der Waals surface area contributed by atoms with Crippen molar-refractivity contribution in [1.29, 1.82) is 0 Å². The van der Waals surface area contributed by atoms with Gasteiger partial charge in [0.2, 0.25) is 11.8 Å². The normalized spacial score (nSPS) is 21.6. The first kappa shape index (κ1) is 13.8.